The Labute approximate surface area is 154 Å². The lowest BCUT2D eigenvalue weighted by Gasteiger charge is -2.36. The van der Waals surface area contributed by atoms with Gasteiger partial charge in [0, 0.05) is 17.0 Å². The van der Waals surface area contributed by atoms with Crippen molar-refractivity contribution in [2.75, 3.05) is 7.11 Å². The summed E-state index contributed by atoms with van der Waals surface area (Å²) >= 11 is 12.4. The molecule has 0 fully saturated rings. The molecule has 0 spiro atoms. The number of halogens is 3. The lowest BCUT2D eigenvalue weighted by molar-refractivity contribution is -0.140. The van der Waals surface area contributed by atoms with Crippen molar-refractivity contribution >= 4 is 37.5 Å². The van der Waals surface area contributed by atoms with Crippen LogP contribution in [0.3, 0.4) is 0 Å². The average Bonchev–Trinajstić information content (AvgIpc) is 2.47. The van der Waals surface area contributed by atoms with E-state index in [-0.39, 0.29) is 29.5 Å². The van der Waals surface area contributed by atoms with Gasteiger partial charge in [0.15, 0.2) is 8.32 Å². The molecule has 0 bridgehead atoms. The summed E-state index contributed by atoms with van der Waals surface area (Å²) in [6.07, 6.45) is 0.251. The van der Waals surface area contributed by atoms with Gasteiger partial charge in [-0.15, -0.1) is 0 Å². The Bertz CT molecular complexity index is 613. The van der Waals surface area contributed by atoms with E-state index >= 15 is 0 Å². The number of hydrogen-bond acceptors (Lipinski definition) is 3. The number of methoxy groups -OCH3 is 1. The summed E-state index contributed by atoms with van der Waals surface area (Å²) in [5.74, 6) is -0.967. The Hall–Kier alpha value is -0.623. The second kappa shape index (κ2) is 8.17. The molecular formula is C17H25Cl2FO3Si. The first-order valence-corrected chi connectivity index (χ1v) is 11.4. The smallest absolute Gasteiger partial charge is 0.305 e. The highest BCUT2D eigenvalue weighted by molar-refractivity contribution is 6.74. The molecule has 0 radical (unpaired) electrons. The summed E-state index contributed by atoms with van der Waals surface area (Å²) in [6.45, 7) is 10.8. The van der Waals surface area contributed by atoms with E-state index in [2.05, 4.69) is 38.6 Å². The van der Waals surface area contributed by atoms with Gasteiger partial charge in [0.25, 0.3) is 0 Å². The van der Waals surface area contributed by atoms with Crippen LogP contribution in [0.4, 0.5) is 4.39 Å². The molecule has 1 rings (SSSR count). The predicted octanol–water partition coefficient (Wildman–Crippen LogP) is 5.76. The molecule has 0 aromatic heterocycles. The minimum atomic E-state index is -2.00. The normalized spacial score (nSPS) is 12.4. The largest absolute Gasteiger partial charge is 0.469 e. The number of carbonyl (C=O) groups excluding carboxylic acids is 1. The van der Waals surface area contributed by atoms with Crippen molar-refractivity contribution in [3.63, 3.8) is 0 Å². The van der Waals surface area contributed by atoms with Crippen molar-refractivity contribution < 1.29 is 18.3 Å². The maximum atomic E-state index is 14.5. The second-order valence-corrected chi connectivity index (χ2v) is 12.8. The molecule has 0 N–H and O–H groups in total. The fourth-order valence-corrected chi connectivity index (χ4v) is 3.35. The van der Waals surface area contributed by atoms with Crippen molar-refractivity contribution in [3.05, 3.63) is 33.1 Å². The van der Waals surface area contributed by atoms with E-state index < -0.39 is 20.1 Å². The van der Waals surface area contributed by atoms with Crippen molar-refractivity contribution in [2.24, 2.45) is 0 Å². The third-order valence-electron chi connectivity index (χ3n) is 4.54. The molecule has 24 heavy (non-hydrogen) atoms. The van der Waals surface area contributed by atoms with Crippen LogP contribution >= 0.6 is 23.2 Å². The second-order valence-electron chi connectivity index (χ2n) is 7.25. The number of hydrogen-bond donors (Lipinski definition) is 0. The van der Waals surface area contributed by atoms with Gasteiger partial charge in [-0.25, -0.2) is 4.39 Å². The zero-order valence-corrected chi connectivity index (χ0v) is 17.6. The van der Waals surface area contributed by atoms with Crippen LogP contribution < -0.4 is 0 Å². The molecule has 0 amide bonds. The summed E-state index contributed by atoms with van der Waals surface area (Å²) in [5.41, 5.74) is 0.744. The first-order chi connectivity index (χ1) is 10.9. The molecule has 0 aliphatic rings. The van der Waals surface area contributed by atoms with Crippen molar-refractivity contribution in [1.29, 1.82) is 0 Å². The maximum Gasteiger partial charge on any atom is 0.305 e. The van der Waals surface area contributed by atoms with Crippen LogP contribution in [0.1, 0.15) is 38.3 Å². The topological polar surface area (TPSA) is 35.5 Å². The quantitative estimate of drug-likeness (QED) is 0.349. The van der Waals surface area contributed by atoms with Crippen molar-refractivity contribution in [1.82, 2.24) is 0 Å². The third kappa shape index (κ3) is 5.18. The Morgan fingerprint density at radius 1 is 1.29 bits per heavy atom. The molecule has 1 aromatic rings. The summed E-state index contributed by atoms with van der Waals surface area (Å²) in [5, 5.41) is 0.339. The number of benzene rings is 1. The Morgan fingerprint density at radius 3 is 2.38 bits per heavy atom. The molecule has 0 saturated carbocycles. The highest BCUT2D eigenvalue weighted by atomic mass is 35.5. The van der Waals surface area contributed by atoms with Crippen molar-refractivity contribution in [2.45, 2.75) is 58.4 Å². The van der Waals surface area contributed by atoms with Crippen LogP contribution in [-0.2, 0) is 27.0 Å². The van der Waals surface area contributed by atoms with Gasteiger partial charge in [-0.3, -0.25) is 4.79 Å². The molecule has 0 atom stereocenters. The lowest BCUT2D eigenvalue weighted by Crippen LogP contribution is -2.40. The zero-order valence-electron chi connectivity index (χ0n) is 15.1. The van der Waals surface area contributed by atoms with Gasteiger partial charge in [0.1, 0.15) is 5.82 Å². The van der Waals surface area contributed by atoms with E-state index in [1.165, 1.54) is 13.2 Å². The van der Waals surface area contributed by atoms with Gasteiger partial charge in [-0.2, -0.15) is 0 Å². The molecule has 7 heteroatoms. The van der Waals surface area contributed by atoms with E-state index in [9.17, 15) is 9.18 Å². The summed E-state index contributed by atoms with van der Waals surface area (Å²) in [4.78, 5) is 11.2. The van der Waals surface area contributed by atoms with E-state index in [0.717, 1.165) is 0 Å². The van der Waals surface area contributed by atoms with Crippen LogP contribution in [0.25, 0.3) is 0 Å². The van der Waals surface area contributed by atoms with Crippen LogP contribution in [-0.4, -0.2) is 21.4 Å². The number of rotatable bonds is 6. The SMILES string of the molecule is COC(=O)CCc1cc(Cl)c(CO[Si](C)(C)C(C)(C)C)c(Cl)c1F. The molecule has 1 aromatic carbocycles. The Kier molecular flexibility index (Phi) is 7.29. The molecule has 0 unspecified atom stereocenters. The molecule has 0 aliphatic heterocycles. The maximum absolute atomic E-state index is 14.5. The number of ether oxygens (including phenoxy) is 1. The van der Waals surface area contributed by atoms with E-state index in [1.54, 1.807) is 0 Å². The molecule has 0 aliphatic carbocycles. The predicted molar refractivity (Wildman–Crippen MR) is 98.7 cm³/mol. The molecule has 136 valence electrons. The van der Waals surface area contributed by atoms with Gasteiger partial charge in [0.05, 0.1) is 18.7 Å². The zero-order chi connectivity index (χ0) is 18.7. The summed E-state index contributed by atoms with van der Waals surface area (Å²) < 4.78 is 25.1. The highest BCUT2D eigenvalue weighted by Crippen LogP contribution is 2.39. The van der Waals surface area contributed by atoms with E-state index in [4.69, 9.17) is 27.6 Å². The van der Waals surface area contributed by atoms with Gasteiger partial charge in [-0.05, 0) is 36.2 Å². The minimum absolute atomic E-state index is 0.0327. The fraction of sp³-hybridized carbons (Fsp3) is 0.588. The third-order valence-corrected chi connectivity index (χ3v) is 9.75. The Balaban J connectivity index is 2.99. The first-order valence-electron chi connectivity index (χ1n) is 7.76. The molecule has 3 nitrogen and oxygen atoms in total. The standard InChI is InChI=1S/C17H25Cl2FO3Si/c1-17(2,3)24(5,6)23-10-12-13(18)9-11(16(20)15(12)19)7-8-14(21)22-4/h9H,7-8,10H2,1-6H3. The van der Waals surface area contributed by atoms with Crippen molar-refractivity contribution in [3.8, 4) is 0 Å². The number of esters is 1. The van der Waals surface area contributed by atoms with Crippen LogP contribution in [0, 0.1) is 5.82 Å². The monoisotopic (exact) mass is 394 g/mol. The van der Waals surface area contributed by atoms with E-state index in [1.807, 2.05) is 0 Å². The minimum Gasteiger partial charge on any atom is -0.469 e. The fourth-order valence-electron chi connectivity index (χ4n) is 1.80. The Morgan fingerprint density at radius 2 is 1.88 bits per heavy atom. The summed E-state index contributed by atoms with van der Waals surface area (Å²) in [7, 11) is -0.709. The van der Waals surface area contributed by atoms with Crippen LogP contribution in [0.5, 0.6) is 0 Å². The van der Waals surface area contributed by atoms with Crippen LogP contribution in [0.15, 0.2) is 6.07 Å². The molecule has 0 saturated heterocycles. The number of aryl methyl sites for hydroxylation is 1. The molecule has 0 heterocycles. The van der Waals surface area contributed by atoms with Gasteiger partial charge in [0.2, 0.25) is 0 Å². The lowest BCUT2D eigenvalue weighted by atomic mass is 10.1. The molecular weight excluding hydrogens is 370 g/mol. The highest BCUT2D eigenvalue weighted by Gasteiger charge is 2.37. The van der Waals surface area contributed by atoms with Gasteiger partial charge >= 0.3 is 5.97 Å². The van der Waals surface area contributed by atoms with Gasteiger partial charge < -0.3 is 9.16 Å². The average molecular weight is 395 g/mol. The van der Waals surface area contributed by atoms with E-state index in [0.29, 0.717) is 16.1 Å². The first kappa shape index (κ1) is 21.4. The summed E-state index contributed by atoms with van der Waals surface area (Å²) in [6, 6.07) is 1.51. The number of carbonyl (C=O) groups is 1. The van der Waals surface area contributed by atoms with Crippen LogP contribution in [0.2, 0.25) is 28.2 Å². The van der Waals surface area contributed by atoms with Gasteiger partial charge in [-0.1, -0.05) is 44.0 Å².